The van der Waals surface area contributed by atoms with E-state index in [1.165, 1.54) is 15.8 Å². The molecule has 4 rings (SSSR count). The Morgan fingerprint density at radius 2 is 2.00 bits per heavy atom. The first-order valence-electron chi connectivity index (χ1n) is 9.10. The summed E-state index contributed by atoms with van der Waals surface area (Å²) in [6.45, 7) is 2.03. The van der Waals surface area contributed by atoms with Crippen molar-refractivity contribution in [2.75, 3.05) is 24.2 Å². The van der Waals surface area contributed by atoms with Crippen LogP contribution in [0.5, 0.6) is 5.75 Å². The lowest BCUT2D eigenvalue weighted by atomic mass is 10.0. The standard InChI is InChI=1S/C21H23BrN2OS/c1-26-21-5-3-2-4-20(21)25-16-9-12-24(13-10-16)19-8-11-23-18-7-6-15(22)14-17(18)19/h2-5,7-8,11,14-16H,6,9-10,12-13H2,1H3. The average molecular weight is 431 g/mol. The van der Waals surface area contributed by atoms with Crippen LogP contribution in [-0.4, -0.2) is 35.3 Å². The largest absolute Gasteiger partial charge is 0.489 e. The Kier molecular flexibility index (Phi) is 5.55. The van der Waals surface area contributed by atoms with E-state index in [2.05, 4.69) is 74.6 Å². The van der Waals surface area contributed by atoms with E-state index in [1.54, 1.807) is 11.8 Å². The molecule has 136 valence electrons. The highest BCUT2D eigenvalue weighted by Gasteiger charge is 2.22. The topological polar surface area (TPSA) is 25.4 Å². The predicted molar refractivity (Wildman–Crippen MR) is 114 cm³/mol. The van der Waals surface area contributed by atoms with Crippen molar-refractivity contribution in [2.45, 2.75) is 35.1 Å². The van der Waals surface area contributed by atoms with Crippen LogP contribution >= 0.6 is 27.7 Å². The Bertz CT molecular complexity index is 893. The van der Waals surface area contributed by atoms with Crippen LogP contribution in [0.2, 0.25) is 0 Å². The maximum absolute atomic E-state index is 6.31. The number of aromatic nitrogens is 1. The van der Waals surface area contributed by atoms with Crippen molar-refractivity contribution in [3.8, 4) is 5.75 Å². The van der Waals surface area contributed by atoms with E-state index >= 15 is 0 Å². The Balaban J connectivity index is 1.48. The number of nitrogens with zero attached hydrogens (tertiary/aromatic N) is 2. The zero-order valence-corrected chi connectivity index (χ0v) is 17.3. The molecule has 2 heterocycles. The van der Waals surface area contributed by atoms with Crippen molar-refractivity contribution in [3.05, 3.63) is 47.1 Å². The molecular formula is C21H23BrN2OS. The minimum Gasteiger partial charge on any atom is -0.489 e. The smallest absolute Gasteiger partial charge is 0.133 e. The Labute approximate surface area is 167 Å². The summed E-state index contributed by atoms with van der Waals surface area (Å²) in [7, 11) is 0. The van der Waals surface area contributed by atoms with Crippen molar-refractivity contribution < 1.29 is 4.74 Å². The van der Waals surface area contributed by atoms with Crippen molar-refractivity contribution in [1.82, 2.24) is 4.98 Å². The number of benzene rings is 1. The molecule has 2 aromatic rings. The number of alkyl halides is 1. The van der Waals surface area contributed by atoms with Gasteiger partial charge in [0.05, 0.1) is 5.35 Å². The lowest BCUT2D eigenvalue weighted by molar-refractivity contribution is 0.167. The van der Waals surface area contributed by atoms with Crippen LogP contribution in [0.25, 0.3) is 12.2 Å². The third kappa shape index (κ3) is 3.79. The Hall–Kier alpha value is -1.46. The van der Waals surface area contributed by atoms with Gasteiger partial charge >= 0.3 is 0 Å². The van der Waals surface area contributed by atoms with Crippen molar-refractivity contribution in [1.29, 1.82) is 0 Å². The molecule has 1 aliphatic heterocycles. The highest BCUT2D eigenvalue weighted by atomic mass is 79.9. The maximum atomic E-state index is 6.31. The molecule has 26 heavy (non-hydrogen) atoms. The minimum absolute atomic E-state index is 0.289. The van der Waals surface area contributed by atoms with Gasteiger partial charge < -0.3 is 9.64 Å². The van der Waals surface area contributed by atoms with E-state index < -0.39 is 0 Å². The van der Waals surface area contributed by atoms with Gasteiger partial charge in [-0.1, -0.05) is 40.2 Å². The maximum Gasteiger partial charge on any atom is 0.133 e. The SMILES string of the molecule is CSc1ccccc1OC1CCN(c2ccnc3c2=CC(Br)CC=3)CC1. The summed E-state index contributed by atoms with van der Waals surface area (Å²) in [4.78, 5) is 8.64. The van der Waals surface area contributed by atoms with Gasteiger partial charge in [0.15, 0.2) is 0 Å². The molecule has 1 aliphatic carbocycles. The molecular weight excluding hydrogens is 408 g/mol. The number of para-hydroxylation sites is 1. The molecule has 1 atom stereocenters. The molecule has 3 nitrogen and oxygen atoms in total. The van der Waals surface area contributed by atoms with Gasteiger partial charge in [0.2, 0.25) is 0 Å². The average Bonchev–Trinajstić information content (AvgIpc) is 2.68. The van der Waals surface area contributed by atoms with E-state index in [1.807, 2.05) is 6.20 Å². The number of thioether (sulfide) groups is 1. The van der Waals surface area contributed by atoms with E-state index in [0.29, 0.717) is 4.83 Å². The third-order valence-electron chi connectivity index (χ3n) is 5.03. The van der Waals surface area contributed by atoms with Crippen LogP contribution in [-0.2, 0) is 0 Å². The van der Waals surface area contributed by atoms with E-state index in [-0.39, 0.29) is 6.10 Å². The fourth-order valence-electron chi connectivity index (χ4n) is 3.67. The molecule has 1 unspecified atom stereocenters. The molecule has 1 fully saturated rings. The zero-order chi connectivity index (χ0) is 17.9. The molecule has 1 saturated heterocycles. The van der Waals surface area contributed by atoms with Gasteiger partial charge in [-0.3, -0.25) is 4.98 Å². The molecule has 0 saturated carbocycles. The highest BCUT2D eigenvalue weighted by molar-refractivity contribution is 9.09. The van der Waals surface area contributed by atoms with Crippen LogP contribution in [0.3, 0.4) is 0 Å². The number of rotatable bonds is 4. The highest BCUT2D eigenvalue weighted by Crippen LogP contribution is 2.30. The molecule has 0 radical (unpaired) electrons. The second-order valence-electron chi connectivity index (χ2n) is 6.71. The van der Waals surface area contributed by atoms with Gasteiger partial charge in [0, 0.05) is 52.8 Å². The molecule has 2 aliphatic rings. The Morgan fingerprint density at radius 1 is 1.19 bits per heavy atom. The number of fused-ring (bicyclic) bond motifs is 1. The zero-order valence-electron chi connectivity index (χ0n) is 14.9. The number of ether oxygens (including phenoxy) is 1. The monoisotopic (exact) mass is 430 g/mol. The van der Waals surface area contributed by atoms with Crippen molar-refractivity contribution in [3.63, 3.8) is 0 Å². The summed E-state index contributed by atoms with van der Waals surface area (Å²) < 4.78 is 6.31. The lowest BCUT2D eigenvalue weighted by Gasteiger charge is -2.34. The summed E-state index contributed by atoms with van der Waals surface area (Å²) in [5, 5.41) is 2.39. The molecule has 0 spiro atoms. The number of anilines is 1. The first-order valence-corrected chi connectivity index (χ1v) is 11.2. The number of hydrogen-bond acceptors (Lipinski definition) is 4. The number of piperidine rings is 1. The summed E-state index contributed by atoms with van der Waals surface area (Å²) in [5.74, 6) is 1.02. The summed E-state index contributed by atoms with van der Waals surface area (Å²) in [6, 6.07) is 10.5. The van der Waals surface area contributed by atoms with Crippen LogP contribution in [0, 0.1) is 0 Å². The number of hydrogen-bond donors (Lipinski definition) is 0. The van der Waals surface area contributed by atoms with Gasteiger partial charge in [0.25, 0.3) is 0 Å². The van der Waals surface area contributed by atoms with Crippen LogP contribution in [0.4, 0.5) is 5.69 Å². The number of pyridine rings is 1. The van der Waals surface area contributed by atoms with Crippen LogP contribution < -0.4 is 20.2 Å². The van der Waals surface area contributed by atoms with E-state index in [0.717, 1.165) is 43.5 Å². The predicted octanol–water partition coefficient (Wildman–Crippen LogP) is 3.58. The van der Waals surface area contributed by atoms with E-state index in [9.17, 15) is 0 Å². The fraction of sp³-hybridized carbons (Fsp3) is 0.381. The van der Waals surface area contributed by atoms with Gasteiger partial charge in [-0.25, -0.2) is 0 Å². The summed E-state index contributed by atoms with van der Waals surface area (Å²) in [5.41, 5.74) is 1.30. The summed E-state index contributed by atoms with van der Waals surface area (Å²) >= 11 is 5.46. The fourth-order valence-corrected chi connectivity index (χ4v) is 4.65. The lowest BCUT2D eigenvalue weighted by Crippen LogP contribution is -2.44. The first-order chi connectivity index (χ1) is 12.7. The first kappa shape index (κ1) is 17.9. The van der Waals surface area contributed by atoms with Crippen LogP contribution in [0.1, 0.15) is 19.3 Å². The molecule has 0 bridgehead atoms. The van der Waals surface area contributed by atoms with Crippen molar-refractivity contribution in [2.24, 2.45) is 0 Å². The second-order valence-corrected chi connectivity index (χ2v) is 8.73. The Morgan fingerprint density at radius 3 is 2.81 bits per heavy atom. The van der Waals surface area contributed by atoms with E-state index in [4.69, 9.17) is 4.74 Å². The third-order valence-corrected chi connectivity index (χ3v) is 6.44. The minimum atomic E-state index is 0.289. The molecule has 0 N–H and O–H groups in total. The van der Waals surface area contributed by atoms with Crippen molar-refractivity contribution >= 4 is 45.5 Å². The van der Waals surface area contributed by atoms with Crippen LogP contribution in [0.15, 0.2) is 41.4 Å². The van der Waals surface area contributed by atoms with Gasteiger partial charge in [-0.15, -0.1) is 11.8 Å². The molecule has 1 aromatic heterocycles. The number of halogens is 1. The normalized spacial score (nSPS) is 20.1. The van der Waals surface area contributed by atoms with Gasteiger partial charge in [0.1, 0.15) is 11.9 Å². The van der Waals surface area contributed by atoms with Gasteiger partial charge in [-0.05, 0) is 30.9 Å². The summed E-state index contributed by atoms with van der Waals surface area (Å²) in [6.07, 6.45) is 11.9. The molecule has 5 heteroatoms. The molecule has 0 amide bonds. The molecule has 1 aromatic carbocycles. The second kappa shape index (κ2) is 8.05. The quantitative estimate of drug-likeness (QED) is 0.546. The van der Waals surface area contributed by atoms with Gasteiger partial charge in [-0.2, -0.15) is 0 Å².